The van der Waals surface area contributed by atoms with Gasteiger partial charge in [-0.15, -0.1) is 0 Å². The molecule has 0 aliphatic heterocycles. The van der Waals surface area contributed by atoms with Crippen molar-refractivity contribution in [1.29, 1.82) is 0 Å². The molecule has 2 rings (SSSR count). The Hall–Kier alpha value is -1.71. The fraction of sp³-hybridized carbons (Fsp3) is 0.353. The van der Waals surface area contributed by atoms with E-state index in [4.69, 9.17) is 4.74 Å². The first-order valence-electron chi connectivity index (χ1n) is 7.27. The van der Waals surface area contributed by atoms with Crippen molar-refractivity contribution in [3.05, 3.63) is 66.0 Å². The summed E-state index contributed by atoms with van der Waals surface area (Å²) in [5, 5.41) is 2.38. The smallest absolute Gasteiger partial charge is 0.137 e. The van der Waals surface area contributed by atoms with Crippen molar-refractivity contribution in [2.24, 2.45) is 0 Å². The monoisotopic (exact) mass is 271 g/mol. The van der Waals surface area contributed by atoms with Crippen molar-refractivity contribution in [2.45, 2.75) is 19.4 Å². The van der Waals surface area contributed by atoms with Crippen LogP contribution in [0.4, 0.5) is 0 Å². The van der Waals surface area contributed by atoms with Crippen LogP contribution in [0.1, 0.15) is 30.5 Å². The summed E-state index contributed by atoms with van der Waals surface area (Å²) >= 11 is 0. The molecule has 1 heterocycles. The lowest BCUT2D eigenvalue weighted by Gasteiger charge is -2.16. The third-order valence-corrected chi connectivity index (χ3v) is 3.32. The molecule has 0 bridgehead atoms. The van der Waals surface area contributed by atoms with Crippen LogP contribution in [0.2, 0.25) is 0 Å². The van der Waals surface area contributed by atoms with Crippen LogP contribution in [0, 0.1) is 0 Å². The average molecular weight is 271 g/mol. The van der Waals surface area contributed by atoms with Crippen LogP contribution in [0.5, 0.6) is 0 Å². The summed E-state index contributed by atoms with van der Waals surface area (Å²) in [5.41, 5.74) is 2.62. The first-order chi connectivity index (χ1) is 9.92. The molecule has 0 saturated heterocycles. The highest BCUT2D eigenvalue weighted by molar-refractivity contribution is 5.27. The average Bonchev–Trinajstić information content (AvgIpc) is 2.53. The Morgan fingerprint density at radius 2 is 1.75 bits per heavy atom. The molecule has 3 heteroatoms. The number of nitrogens with two attached hydrogens (primary N) is 1. The second-order valence-corrected chi connectivity index (χ2v) is 4.74. The van der Waals surface area contributed by atoms with Gasteiger partial charge in [-0.05, 0) is 19.1 Å². The molecule has 1 aromatic heterocycles. The van der Waals surface area contributed by atoms with Gasteiger partial charge in [0, 0.05) is 36.5 Å². The lowest BCUT2D eigenvalue weighted by atomic mass is 9.99. The molecule has 2 aromatic rings. The van der Waals surface area contributed by atoms with E-state index >= 15 is 0 Å². The minimum atomic E-state index is 0.334. The summed E-state index contributed by atoms with van der Waals surface area (Å²) in [6.07, 6.45) is 4.79. The highest BCUT2D eigenvalue weighted by Gasteiger charge is 2.16. The molecule has 0 fully saturated rings. The quantitative estimate of drug-likeness (QED) is 0.747. The van der Waals surface area contributed by atoms with Crippen LogP contribution in [-0.4, -0.2) is 24.7 Å². The molecule has 0 amide bonds. The summed E-state index contributed by atoms with van der Waals surface area (Å²) in [6, 6.07) is 15.1. The van der Waals surface area contributed by atoms with Gasteiger partial charge in [0.05, 0.1) is 13.2 Å². The molecular weight excluding hydrogens is 248 g/mol. The number of benzene rings is 1. The molecule has 0 unspecified atom stereocenters. The number of ether oxygens (including phenoxy) is 1. The molecule has 1 atom stereocenters. The molecular formula is C17H23N2O+. The van der Waals surface area contributed by atoms with Crippen molar-refractivity contribution >= 4 is 0 Å². The SMILES string of the molecule is CCOCCC[NH2+][C@@H](c1ccccc1)c1ccncc1. The van der Waals surface area contributed by atoms with Crippen molar-refractivity contribution < 1.29 is 10.1 Å². The predicted octanol–water partition coefficient (Wildman–Crippen LogP) is 2.16. The normalized spacial score (nSPS) is 12.2. The molecule has 0 saturated carbocycles. The van der Waals surface area contributed by atoms with E-state index < -0.39 is 0 Å². The van der Waals surface area contributed by atoms with Gasteiger partial charge in [-0.25, -0.2) is 0 Å². The number of nitrogens with zero attached hydrogens (tertiary/aromatic N) is 1. The molecule has 0 aliphatic rings. The molecule has 3 nitrogen and oxygen atoms in total. The summed E-state index contributed by atoms with van der Waals surface area (Å²) in [6.45, 7) is 4.73. The first kappa shape index (κ1) is 14.7. The van der Waals surface area contributed by atoms with Crippen LogP contribution in [0.3, 0.4) is 0 Å². The largest absolute Gasteiger partial charge is 0.382 e. The second-order valence-electron chi connectivity index (χ2n) is 4.74. The van der Waals surface area contributed by atoms with Crippen molar-refractivity contribution in [3.63, 3.8) is 0 Å². The number of quaternary nitrogens is 1. The van der Waals surface area contributed by atoms with Gasteiger partial charge in [0.25, 0.3) is 0 Å². The zero-order valence-corrected chi connectivity index (χ0v) is 12.0. The lowest BCUT2D eigenvalue weighted by molar-refractivity contribution is -0.687. The molecule has 2 N–H and O–H groups in total. The molecule has 20 heavy (non-hydrogen) atoms. The topological polar surface area (TPSA) is 38.7 Å². The van der Waals surface area contributed by atoms with E-state index in [1.807, 2.05) is 19.3 Å². The fourth-order valence-electron chi connectivity index (χ4n) is 2.31. The van der Waals surface area contributed by atoms with Gasteiger partial charge in [-0.2, -0.15) is 0 Å². The van der Waals surface area contributed by atoms with E-state index in [0.29, 0.717) is 6.04 Å². The number of hydrogen-bond donors (Lipinski definition) is 1. The van der Waals surface area contributed by atoms with Crippen LogP contribution < -0.4 is 5.32 Å². The molecule has 1 aromatic carbocycles. The maximum atomic E-state index is 5.40. The fourth-order valence-corrected chi connectivity index (χ4v) is 2.31. The minimum absolute atomic E-state index is 0.334. The van der Waals surface area contributed by atoms with E-state index in [9.17, 15) is 0 Å². The van der Waals surface area contributed by atoms with E-state index in [1.54, 1.807) is 0 Å². The van der Waals surface area contributed by atoms with Crippen LogP contribution >= 0.6 is 0 Å². The van der Waals surface area contributed by atoms with Gasteiger partial charge in [-0.3, -0.25) is 4.98 Å². The Morgan fingerprint density at radius 3 is 2.45 bits per heavy atom. The Bertz CT molecular complexity index is 433. The highest BCUT2D eigenvalue weighted by atomic mass is 16.5. The summed E-state index contributed by atoms with van der Waals surface area (Å²) in [7, 11) is 0. The van der Waals surface area contributed by atoms with Crippen molar-refractivity contribution in [3.8, 4) is 0 Å². The summed E-state index contributed by atoms with van der Waals surface area (Å²) < 4.78 is 5.40. The van der Waals surface area contributed by atoms with E-state index in [2.05, 4.69) is 52.8 Å². The summed E-state index contributed by atoms with van der Waals surface area (Å²) in [4.78, 5) is 4.11. The van der Waals surface area contributed by atoms with E-state index in [-0.39, 0.29) is 0 Å². The van der Waals surface area contributed by atoms with E-state index in [1.165, 1.54) is 11.1 Å². The third-order valence-electron chi connectivity index (χ3n) is 3.32. The third kappa shape index (κ3) is 4.44. The van der Waals surface area contributed by atoms with Gasteiger partial charge in [-0.1, -0.05) is 30.3 Å². The molecule has 0 spiro atoms. The zero-order valence-electron chi connectivity index (χ0n) is 12.0. The van der Waals surface area contributed by atoms with Crippen LogP contribution in [0.15, 0.2) is 54.9 Å². The van der Waals surface area contributed by atoms with Crippen molar-refractivity contribution in [1.82, 2.24) is 4.98 Å². The number of pyridine rings is 1. The van der Waals surface area contributed by atoms with Crippen molar-refractivity contribution in [2.75, 3.05) is 19.8 Å². The standard InChI is InChI=1S/C17H22N2O/c1-2-20-14-6-11-19-17(15-7-4-3-5-8-15)16-9-12-18-13-10-16/h3-5,7-10,12-13,17,19H,2,6,11,14H2,1H3/p+1/t17-/m0/s1. The Balaban J connectivity index is 2.02. The molecule has 0 radical (unpaired) electrons. The number of rotatable bonds is 8. The Morgan fingerprint density at radius 1 is 1.05 bits per heavy atom. The maximum absolute atomic E-state index is 5.40. The molecule has 0 aliphatic carbocycles. The predicted molar refractivity (Wildman–Crippen MR) is 80.4 cm³/mol. The number of aromatic nitrogens is 1. The van der Waals surface area contributed by atoms with Crippen LogP contribution in [0.25, 0.3) is 0 Å². The van der Waals surface area contributed by atoms with Gasteiger partial charge in [0.2, 0.25) is 0 Å². The van der Waals surface area contributed by atoms with Gasteiger partial charge < -0.3 is 10.1 Å². The lowest BCUT2D eigenvalue weighted by Crippen LogP contribution is -2.85. The first-order valence-corrected chi connectivity index (χ1v) is 7.27. The van der Waals surface area contributed by atoms with Gasteiger partial charge >= 0.3 is 0 Å². The Labute approximate surface area is 121 Å². The highest BCUT2D eigenvalue weighted by Crippen LogP contribution is 2.16. The number of hydrogen-bond acceptors (Lipinski definition) is 2. The van der Waals surface area contributed by atoms with Gasteiger partial charge in [0.15, 0.2) is 0 Å². The molecule has 106 valence electrons. The Kier molecular flexibility index (Phi) is 6.21. The van der Waals surface area contributed by atoms with Crippen LogP contribution in [-0.2, 0) is 4.74 Å². The maximum Gasteiger partial charge on any atom is 0.137 e. The van der Waals surface area contributed by atoms with Gasteiger partial charge in [0.1, 0.15) is 6.04 Å². The minimum Gasteiger partial charge on any atom is -0.382 e. The summed E-state index contributed by atoms with van der Waals surface area (Å²) in [5.74, 6) is 0. The zero-order chi connectivity index (χ0) is 14.0. The second kappa shape index (κ2) is 8.46. The van der Waals surface area contributed by atoms with E-state index in [0.717, 1.165) is 26.2 Å².